The molecule has 0 amide bonds. The Hall–Kier alpha value is -1.42. The van der Waals surface area contributed by atoms with Crippen molar-refractivity contribution in [1.29, 1.82) is 0 Å². The second-order valence-electron chi connectivity index (χ2n) is 5.54. The number of halogens is 1. The van der Waals surface area contributed by atoms with Gasteiger partial charge in [-0.3, -0.25) is 4.79 Å². The highest BCUT2D eigenvalue weighted by Gasteiger charge is 2.44. The Bertz CT molecular complexity index is 561. The lowest BCUT2D eigenvalue weighted by Crippen LogP contribution is -2.38. The van der Waals surface area contributed by atoms with Crippen LogP contribution in [0, 0.1) is 6.92 Å². The van der Waals surface area contributed by atoms with E-state index in [0.29, 0.717) is 34.9 Å². The molecule has 1 heterocycles. The van der Waals surface area contributed by atoms with Crippen LogP contribution < -0.4 is 9.47 Å². The van der Waals surface area contributed by atoms with Crippen molar-refractivity contribution in [2.24, 2.45) is 0 Å². The maximum absolute atomic E-state index is 11.9. The first-order valence-electron chi connectivity index (χ1n) is 6.89. The van der Waals surface area contributed by atoms with Crippen molar-refractivity contribution in [3.8, 4) is 11.5 Å². The van der Waals surface area contributed by atoms with E-state index in [-0.39, 0.29) is 6.79 Å². The summed E-state index contributed by atoms with van der Waals surface area (Å²) < 4.78 is 10.8. The molecule has 0 spiro atoms. The van der Waals surface area contributed by atoms with E-state index >= 15 is 0 Å². The molecule has 0 bridgehead atoms. The van der Waals surface area contributed by atoms with Crippen LogP contribution in [0.25, 0.3) is 0 Å². The molecule has 1 N–H and O–H groups in total. The maximum Gasteiger partial charge on any atom is 0.314 e. The molecule has 1 saturated carbocycles. The maximum atomic E-state index is 11.9. The molecule has 1 aliphatic carbocycles. The number of fused-ring (bicyclic) bond motifs is 1. The van der Waals surface area contributed by atoms with Gasteiger partial charge >= 0.3 is 5.97 Å². The third kappa shape index (κ3) is 1.85. The van der Waals surface area contributed by atoms with Gasteiger partial charge in [0.25, 0.3) is 0 Å². The smallest absolute Gasteiger partial charge is 0.314 e. The van der Waals surface area contributed by atoms with Crippen LogP contribution in [-0.2, 0) is 10.2 Å². The molecule has 1 aromatic rings. The number of hydrogen-bond acceptors (Lipinski definition) is 3. The summed E-state index contributed by atoms with van der Waals surface area (Å²) in [5.74, 6) is 0.445. The summed E-state index contributed by atoms with van der Waals surface area (Å²) in [5.41, 5.74) is 0.553. The normalized spacial score (nSPS) is 19.9. The van der Waals surface area contributed by atoms with Gasteiger partial charge in [-0.25, -0.2) is 0 Å². The van der Waals surface area contributed by atoms with Gasteiger partial charge in [0.1, 0.15) is 0 Å². The fraction of sp³-hybridized carbons (Fsp3) is 0.533. The highest BCUT2D eigenvalue weighted by atomic mass is 35.5. The minimum Gasteiger partial charge on any atom is -0.481 e. The van der Waals surface area contributed by atoms with Crippen LogP contribution in [0.15, 0.2) is 6.07 Å². The number of carboxylic acids is 1. The third-order valence-electron chi connectivity index (χ3n) is 4.46. The molecule has 20 heavy (non-hydrogen) atoms. The van der Waals surface area contributed by atoms with Crippen LogP contribution in [0.1, 0.15) is 43.2 Å². The second kappa shape index (κ2) is 4.85. The van der Waals surface area contributed by atoms with Crippen molar-refractivity contribution in [3.63, 3.8) is 0 Å². The van der Waals surface area contributed by atoms with Gasteiger partial charge in [-0.2, -0.15) is 0 Å². The van der Waals surface area contributed by atoms with E-state index in [4.69, 9.17) is 21.1 Å². The topological polar surface area (TPSA) is 55.8 Å². The molecule has 0 atom stereocenters. The van der Waals surface area contributed by atoms with Crippen molar-refractivity contribution in [1.82, 2.24) is 0 Å². The number of rotatable bonds is 2. The molecule has 2 aliphatic rings. The van der Waals surface area contributed by atoms with Gasteiger partial charge in [-0.1, -0.05) is 30.9 Å². The zero-order valence-corrected chi connectivity index (χ0v) is 12.1. The van der Waals surface area contributed by atoms with E-state index < -0.39 is 11.4 Å². The van der Waals surface area contributed by atoms with E-state index in [9.17, 15) is 9.90 Å². The highest BCUT2D eigenvalue weighted by molar-refractivity contribution is 6.32. The number of hydrogen-bond donors (Lipinski definition) is 1. The van der Waals surface area contributed by atoms with Crippen molar-refractivity contribution < 1.29 is 19.4 Å². The standard InChI is InChI=1S/C15H17ClO4/c1-9-12(16)10(7-11-13(9)20-8-19-11)15(14(17)18)5-3-2-4-6-15/h7H,2-6,8H2,1H3,(H,17,18). The van der Waals surface area contributed by atoms with E-state index in [2.05, 4.69) is 0 Å². The van der Waals surface area contributed by atoms with Crippen LogP contribution in [0.2, 0.25) is 5.02 Å². The number of benzene rings is 1. The molecule has 0 aromatic heterocycles. The monoisotopic (exact) mass is 296 g/mol. The molecule has 3 rings (SSSR count). The Morgan fingerprint density at radius 1 is 1.30 bits per heavy atom. The van der Waals surface area contributed by atoms with E-state index in [1.54, 1.807) is 6.07 Å². The largest absolute Gasteiger partial charge is 0.481 e. The summed E-state index contributed by atoms with van der Waals surface area (Å²) in [6.45, 7) is 2.01. The first-order chi connectivity index (χ1) is 9.56. The van der Waals surface area contributed by atoms with Crippen LogP contribution in [0.4, 0.5) is 0 Å². The molecule has 0 radical (unpaired) electrons. The van der Waals surface area contributed by atoms with Gasteiger partial charge in [0, 0.05) is 5.56 Å². The Balaban J connectivity index is 2.17. The summed E-state index contributed by atoms with van der Waals surface area (Å²) in [7, 11) is 0. The van der Waals surface area contributed by atoms with Crippen molar-refractivity contribution in [3.05, 3.63) is 22.2 Å². The predicted molar refractivity (Wildman–Crippen MR) is 74.7 cm³/mol. The van der Waals surface area contributed by atoms with Crippen LogP contribution in [0.3, 0.4) is 0 Å². The van der Waals surface area contributed by atoms with Crippen molar-refractivity contribution in [2.75, 3.05) is 6.79 Å². The minimum absolute atomic E-state index is 0.163. The molecule has 0 saturated heterocycles. The molecular formula is C15H17ClO4. The molecule has 1 fully saturated rings. The molecule has 1 aromatic carbocycles. The Kier molecular flexibility index (Phi) is 3.28. The van der Waals surface area contributed by atoms with Gasteiger partial charge in [-0.15, -0.1) is 0 Å². The number of ether oxygens (including phenoxy) is 2. The van der Waals surface area contributed by atoms with Crippen LogP contribution >= 0.6 is 11.6 Å². The number of carboxylic acid groups (broad SMARTS) is 1. The summed E-state index contributed by atoms with van der Waals surface area (Å²) in [6.07, 6.45) is 4.16. The first kappa shape index (κ1) is 13.6. The SMILES string of the molecule is Cc1c(Cl)c(C2(C(=O)O)CCCCC2)cc2c1OCO2. The molecule has 4 nitrogen and oxygen atoms in total. The average Bonchev–Trinajstić information content (AvgIpc) is 2.92. The lowest BCUT2D eigenvalue weighted by Gasteiger charge is -2.34. The third-order valence-corrected chi connectivity index (χ3v) is 4.94. The Morgan fingerprint density at radius 2 is 2.00 bits per heavy atom. The minimum atomic E-state index is -0.888. The number of carbonyl (C=O) groups is 1. The van der Waals surface area contributed by atoms with E-state index in [0.717, 1.165) is 24.8 Å². The van der Waals surface area contributed by atoms with E-state index in [1.165, 1.54) is 0 Å². The van der Waals surface area contributed by atoms with Crippen LogP contribution in [0.5, 0.6) is 11.5 Å². The lowest BCUT2D eigenvalue weighted by molar-refractivity contribution is -0.145. The zero-order chi connectivity index (χ0) is 14.3. The van der Waals surface area contributed by atoms with Gasteiger partial charge in [0.15, 0.2) is 11.5 Å². The quantitative estimate of drug-likeness (QED) is 0.905. The molecule has 5 heteroatoms. The van der Waals surface area contributed by atoms with Gasteiger partial charge in [0.05, 0.1) is 10.4 Å². The number of aliphatic carboxylic acids is 1. The molecule has 108 valence electrons. The summed E-state index contributed by atoms with van der Waals surface area (Å²) >= 11 is 6.44. The Labute approximate surface area is 122 Å². The summed E-state index contributed by atoms with van der Waals surface area (Å²) in [6, 6.07) is 1.76. The lowest BCUT2D eigenvalue weighted by atomic mass is 9.69. The summed E-state index contributed by atoms with van der Waals surface area (Å²) in [4.78, 5) is 11.9. The van der Waals surface area contributed by atoms with E-state index in [1.807, 2.05) is 6.92 Å². The second-order valence-corrected chi connectivity index (χ2v) is 5.92. The van der Waals surface area contributed by atoms with Gasteiger partial charge in [-0.05, 0) is 31.4 Å². The summed E-state index contributed by atoms with van der Waals surface area (Å²) in [5, 5.41) is 10.3. The molecule has 1 aliphatic heterocycles. The van der Waals surface area contributed by atoms with Gasteiger partial charge < -0.3 is 14.6 Å². The van der Waals surface area contributed by atoms with Gasteiger partial charge in [0.2, 0.25) is 6.79 Å². The van der Waals surface area contributed by atoms with Crippen molar-refractivity contribution >= 4 is 17.6 Å². The van der Waals surface area contributed by atoms with Crippen LogP contribution in [-0.4, -0.2) is 17.9 Å². The fourth-order valence-electron chi connectivity index (χ4n) is 3.29. The fourth-order valence-corrected chi connectivity index (χ4v) is 3.61. The highest BCUT2D eigenvalue weighted by Crippen LogP contribution is 2.49. The van der Waals surface area contributed by atoms with Crippen molar-refractivity contribution in [2.45, 2.75) is 44.4 Å². The average molecular weight is 297 g/mol. The molecular weight excluding hydrogens is 280 g/mol. The first-order valence-corrected chi connectivity index (χ1v) is 7.26. The molecule has 0 unspecified atom stereocenters. The zero-order valence-electron chi connectivity index (χ0n) is 11.4. The Morgan fingerprint density at radius 3 is 2.65 bits per heavy atom. The predicted octanol–water partition coefficient (Wildman–Crippen LogP) is 3.66.